The maximum absolute atomic E-state index is 14.0. The van der Waals surface area contributed by atoms with E-state index in [-0.39, 0.29) is 22.7 Å². The molecule has 6 rings (SSSR count). The first-order valence-corrected chi connectivity index (χ1v) is 13.9. The Morgan fingerprint density at radius 3 is 2.27 bits per heavy atom. The normalized spacial score (nSPS) is 25.8. The van der Waals surface area contributed by atoms with Crippen molar-refractivity contribution in [2.75, 3.05) is 18.6 Å². The molecule has 1 amide bonds. The van der Waals surface area contributed by atoms with Crippen LogP contribution < -0.4 is 9.64 Å². The minimum Gasteiger partial charge on any atom is -0.497 e. The average molecular weight is 502 g/mol. The van der Waals surface area contributed by atoms with Crippen LogP contribution in [0.3, 0.4) is 0 Å². The summed E-state index contributed by atoms with van der Waals surface area (Å²) >= 11 is 0. The molecular weight excluding hydrogens is 462 g/mol. The van der Waals surface area contributed by atoms with Gasteiger partial charge in [-0.15, -0.1) is 0 Å². The lowest BCUT2D eigenvalue weighted by Gasteiger charge is -2.55. The van der Waals surface area contributed by atoms with E-state index in [2.05, 4.69) is 29.2 Å². The SMILES string of the molecule is COc1ccc(C23CCC(CN(C(=O)C4CCCCC4)c4cccc(/C=C/C(=O)O)c4)(CC2)CC3)cc1. The smallest absolute Gasteiger partial charge is 0.328 e. The highest BCUT2D eigenvalue weighted by atomic mass is 16.5. The highest BCUT2D eigenvalue weighted by Gasteiger charge is 2.50. The molecule has 0 heterocycles. The van der Waals surface area contributed by atoms with E-state index >= 15 is 0 Å². The molecule has 5 nitrogen and oxygen atoms in total. The summed E-state index contributed by atoms with van der Waals surface area (Å²) in [5.41, 5.74) is 3.52. The number of rotatable bonds is 8. The second-order valence-electron chi connectivity index (χ2n) is 11.5. The van der Waals surface area contributed by atoms with E-state index < -0.39 is 5.97 Å². The maximum atomic E-state index is 14.0. The molecule has 1 N–H and O–H groups in total. The Bertz CT molecular complexity index is 1120. The predicted octanol–water partition coefficient (Wildman–Crippen LogP) is 7.00. The van der Waals surface area contributed by atoms with E-state index in [9.17, 15) is 9.59 Å². The minimum absolute atomic E-state index is 0.0916. The summed E-state index contributed by atoms with van der Waals surface area (Å²) in [7, 11) is 1.71. The van der Waals surface area contributed by atoms with Crippen LogP contribution in [0.25, 0.3) is 6.08 Å². The molecule has 0 aromatic heterocycles. The maximum Gasteiger partial charge on any atom is 0.328 e. The zero-order valence-corrected chi connectivity index (χ0v) is 22.0. The fraction of sp³-hybridized carbons (Fsp3) is 0.500. The summed E-state index contributed by atoms with van der Waals surface area (Å²) in [6.07, 6.45) is 15.1. The van der Waals surface area contributed by atoms with Gasteiger partial charge in [0.15, 0.2) is 0 Å². The highest BCUT2D eigenvalue weighted by molar-refractivity contribution is 5.95. The van der Waals surface area contributed by atoms with Crippen LogP contribution in [0.4, 0.5) is 5.69 Å². The first-order chi connectivity index (χ1) is 17.9. The van der Waals surface area contributed by atoms with Crippen molar-refractivity contribution in [1.82, 2.24) is 0 Å². The van der Waals surface area contributed by atoms with Gasteiger partial charge in [0.1, 0.15) is 5.75 Å². The number of nitrogens with zero attached hydrogens (tertiary/aromatic N) is 1. The van der Waals surface area contributed by atoms with Gasteiger partial charge in [0.2, 0.25) is 5.91 Å². The molecule has 0 atom stereocenters. The van der Waals surface area contributed by atoms with Gasteiger partial charge in [0.25, 0.3) is 0 Å². The van der Waals surface area contributed by atoms with Crippen LogP contribution >= 0.6 is 0 Å². The van der Waals surface area contributed by atoms with Crippen molar-refractivity contribution < 1.29 is 19.4 Å². The number of fused-ring (bicyclic) bond motifs is 3. The van der Waals surface area contributed by atoms with Crippen LogP contribution in [0, 0.1) is 11.3 Å². The molecule has 2 aromatic rings. The van der Waals surface area contributed by atoms with Gasteiger partial charge in [-0.25, -0.2) is 4.79 Å². The van der Waals surface area contributed by atoms with Gasteiger partial charge in [0, 0.05) is 24.2 Å². The van der Waals surface area contributed by atoms with Crippen molar-refractivity contribution in [3.8, 4) is 5.75 Å². The Labute approximate surface area is 220 Å². The van der Waals surface area contributed by atoms with E-state index in [4.69, 9.17) is 9.84 Å². The van der Waals surface area contributed by atoms with Crippen LogP contribution in [-0.4, -0.2) is 30.6 Å². The number of carbonyl (C=O) groups is 2. The van der Waals surface area contributed by atoms with Gasteiger partial charge in [-0.3, -0.25) is 4.79 Å². The molecule has 0 radical (unpaired) electrons. The fourth-order valence-electron chi connectivity index (χ4n) is 7.04. The first-order valence-electron chi connectivity index (χ1n) is 13.9. The lowest BCUT2D eigenvalue weighted by molar-refractivity contribution is -0.131. The van der Waals surface area contributed by atoms with Crippen molar-refractivity contribution in [3.05, 3.63) is 65.7 Å². The molecule has 4 aliphatic carbocycles. The lowest BCUT2D eigenvalue weighted by atomic mass is 9.51. The summed E-state index contributed by atoms with van der Waals surface area (Å²) in [4.78, 5) is 27.1. The third kappa shape index (κ3) is 5.46. The molecule has 2 aromatic carbocycles. The van der Waals surface area contributed by atoms with Crippen molar-refractivity contribution in [2.24, 2.45) is 11.3 Å². The summed E-state index contributed by atoms with van der Waals surface area (Å²) < 4.78 is 5.37. The number of carboxylic acids is 1. The molecule has 0 spiro atoms. The number of benzene rings is 2. The second kappa shape index (κ2) is 10.7. The summed E-state index contributed by atoms with van der Waals surface area (Å²) in [6, 6.07) is 16.5. The van der Waals surface area contributed by atoms with Crippen LogP contribution in [-0.2, 0) is 15.0 Å². The van der Waals surface area contributed by atoms with Gasteiger partial charge in [-0.05, 0) is 104 Å². The van der Waals surface area contributed by atoms with Crippen molar-refractivity contribution in [1.29, 1.82) is 0 Å². The molecule has 37 heavy (non-hydrogen) atoms. The van der Waals surface area contributed by atoms with Gasteiger partial charge in [-0.1, -0.05) is 43.5 Å². The molecule has 0 aliphatic heterocycles. The van der Waals surface area contributed by atoms with Crippen LogP contribution in [0.5, 0.6) is 5.75 Å². The Morgan fingerprint density at radius 1 is 0.973 bits per heavy atom. The topological polar surface area (TPSA) is 66.8 Å². The van der Waals surface area contributed by atoms with Gasteiger partial charge in [-0.2, -0.15) is 0 Å². The Balaban J connectivity index is 1.38. The highest BCUT2D eigenvalue weighted by Crippen LogP contribution is 2.58. The number of aliphatic carboxylic acids is 1. The van der Waals surface area contributed by atoms with E-state index in [0.717, 1.165) is 93.8 Å². The van der Waals surface area contributed by atoms with Crippen LogP contribution in [0.2, 0.25) is 0 Å². The fourth-order valence-corrected chi connectivity index (χ4v) is 7.04. The molecule has 196 valence electrons. The predicted molar refractivity (Wildman–Crippen MR) is 147 cm³/mol. The molecule has 4 saturated carbocycles. The van der Waals surface area contributed by atoms with Crippen molar-refractivity contribution in [3.63, 3.8) is 0 Å². The van der Waals surface area contributed by atoms with E-state index in [1.165, 1.54) is 12.0 Å². The Kier molecular flexibility index (Phi) is 7.41. The number of carbonyl (C=O) groups excluding carboxylic acids is 1. The number of hydrogen-bond donors (Lipinski definition) is 1. The van der Waals surface area contributed by atoms with E-state index in [1.807, 2.05) is 24.3 Å². The number of hydrogen-bond acceptors (Lipinski definition) is 3. The molecular formula is C32H39NO4. The van der Waals surface area contributed by atoms with Gasteiger partial charge in [0.05, 0.1) is 7.11 Å². The summed E-state index contributed by atoms with van der Waals surface area (Å²) in [5, 5.41) is 9.07. The summed E-state index contributed by atoms with van der Waals surface area (Å²) in [5.74, 6) is 0.280. The number of amides is 1. The molecule has 5 heteroatoms. The monoisotopic (exact) mass is 501 g/mol. The lowest BCUT2D eigenvalue weighted by Crippen LogP contribution is -2.51. The van der Waals surface area contributed by atoms with Crippen LogP contribution in [0.15, 0.2) is 54.6 Å². The minimum atomic E-state index is -0.968. The van der Waals surface area contributed by atoms with Crippen LogP contribution in [0.1, 0.15) is 81.8 Å². The molecule has 4 fully saturated rings. The number of ether oxygens (including phenoxy) is 1. The third-order valence-electron chi connectivity index (χ3n) is 9.42. The quantitative estimate of drug-likeness (QED) is 0.396. The first kappa shape index (κ1) is 25.6. The molecule has 2 bridgehead atoms. The zero-order chi connectivity index (χ0) is 25.9. The summed E-state index contributed by atoms with van der Waals surface area (Å²) in [6.45, 7) is 0.757. The number of anilines is 1. The van der Waals surface area contributed by atoms with Crippen molar-refractivity contribution >= 4 is 23.6 Å². The standard InChI is InChI=1S/C32H39NO4/c1-37-28-13-11-26(12-14-28)32-19-16-31(17-20-32,18-21-32)23-33(30(36)25-7-3-2-4-8-25)27-9-5-6-24(22-27)10-15-29(34)35/h5-6,9-15,22,25H,2-4,7-8,16-21,23H2,1H3,(H,34,35)/b15-10+. The van der Waals surface area contributed by atoms with E-state index in [0.29, 0.717) is 0 Å². The largest absolute Gasteiger partial charge is 0.497 e. The Morgan fingerprint density at radius 2 is 1.65 bits per heavy atom. The van der Waals surface area contributed by atoms with Gasteiger partial charge >= 0.3 is 5.97 Å². The average Bonchev–Trinajstić information content (AvgIpc) is 2.96. The number of methoxy groups -OCH3 is 1. The third-order valence-corrected chi connectivity index (χ3v) is 9.42. The van der Waals surface area contributed by atoms with Gasteiger partial charge < -0.3 is 14.7 Å². The van der Waals surface area contributed by atoms with Crippen molar-refractivity contribution in [2.45, 2.75) is 76.0 Å². The number of carboxylic acid groups (broad SMARTS) is 1. The second-order valence-corrected chi connectivity index (χ2v) is 11.5. The zero-order valence-electron chi connectivity index (χ0n) is 22.0. The molecule has 4 aliphatic rings. The molecule has 0 saturated heterocycles. The Hall–Kier alpha value is -3.08. The van der Waals surface area contributed by atoms with E-state index in [1.54, 1.807) is 13.2 Å². The molecule has 0 unspecified atom stereocenters.